The first-order valence-electron chi connectivity index (χ1n) is 4.51. The Morgan fingerprint density at radius 1 is 1.64 bits per heavy atom. The summed E-state index contributed by atoms with van der Waals surface area (Å²) < 4.78 is 0. The van der Waals surface area contributed by atoms with Crippen molar-refractivity contribution in [3.8, 4) is 0 Å². The number of hydroxylamine groups is 1. The lowest BCUT2D eigenvalue weighted by molar-refractivity contribution is -0.128. The molecule has 2 N–H and O–H groups in total. The second-order valence-electron chi connectivity index (χ2n) is 3.04. The van der Waals surface area contributed by atoms with Gasteiger partial charge in [-0.05, 0) is 12.8 Å². The van der Waals surface area contributed by atoms with E-state index in [1.165, 1.54) is 0 Å². The van der Waals surface area contributed by atoms with Crippen molar-refractivity contribution in [1.82, 2.24) is 10.8 Å². The number of hydrogen-bond acceptors (Lipinski definition) is 3. The molecule has 0 aliphatic carbocycles. The maximum Gasteiger partial charge on any atom is 0.268 e. The molecule has 0 spiro atoms. The first-order chi connectivity index (χ1) is 6.74. The molecule has 5 nitrogen and oxygen atoms in total. The van der Waals surface area contributed by atoms with Crippen LogP contribution in [0.1, 0.15) is 19.3 Å². The Morgan fingerprint density at radius 2 is 2.43 bits per heavy atom. The van der Waals surface area contributed by atoms with Crippen molar-refractivity contribution < 1.29 is 14.4 Å². The smallest absolute Gasteiger partial charge is 0.268 e. The van der Waals surface area contributed by atoms with Gasteiger partial charge in [0.1, 0.15) is 12.6 Å². The number of hydrogen-bond donors (Lipinski definition) is 2. The predicted octanol–water partition coefficient (Wildman–Crippen LogP) is -0.0583. The Labute approximate surface area is 87.1 Å². The highest BCUT2D eigenvalue weighted by Crippen LogP contribution is 1.99. The molecule has 0 unspecified atom stereocenters. The molecule has 1 heterocycles. The van der Waals surface area contributed by atoms with Gasteiger partial charge >= 0.3 is 0 Å². The Hall–Kier alpha value is -0.810. The Morgan fingerprint density at radius 3 is 3.00 bits per heavy atom. The van der Waals surface area contributed by atoms with Crippen LogP contribution in [-0.4, -0.2) is 30.3 Å². The number of halogens is 1. The highest BCUT2D eigenvalue weighted by Gasteiger charge is 2.26. The SMILES string of the molecule is O=C(CCCCCl)N[C@@H]1CONC1=O. The van der Waals surface area contributed by atoms with Crippen LogP contribution in [0.2, 0.25) is 0 Å². The van der Waals surface area contributed by atoms with Gasteiger partial charge in [0.25, 0.3) is 5.91 Å². The predicted molar refractivity (Wildman–Crippen MR) is 50.6 cm³/mol. The number of carbonyl (C=O) groups is 2. The first-order valence-corrected chi connectivity index (χ1v) is 5.04. The number of alkyl halides is 1. The first kappa shape index (κ1) is 11.3. The highest BCUT2D eigenvalue weighted by atomic mass is 35.5. The summed E-state index contributed by atoms with van der Waals surface area (Å²) in [6.07, 6.45) is 1.95. The van der Waals surface area contributed by atoms with Gasteiger partial charge in [0, 0.05) is 12.3 Å². The molecule has 1 saturated heterocycles. The van der Waals surface area contributed by atoms with E-state index in [1.54, 1.807) is 0 Å². The van der Waals surface area contributed by atoms with Crippen LogP contribution in [0.25, 0.3) is 0 Å². The molecule has 1 aliphatic rings. The molecular weight excluding hydrogens is 208 g/mol. The lowest BCUT2D eigenvalue weighted by Crippen LogP contribution is -2.41. The molecule has 0 bridgehead atoms. The molecule has 14 heavy (non-hydrogen) atoms. The van der Waals surface area contributed by atoms with E-state index in [-0.39, 0.29) is 18.4 Å². The number of unbranched alkanes of at least 4 members (excludes halogenated alkanes) is 1. The monoisotopic (exact) mass is 220 g/mol. The molecule has 1 atom stereocenters. The zero-order valence-electron chi connectivity index (χ0n) is 7.72. The highest BCUT2D eigenvalue weighted by molar-refractivity contribution is 6.17. The minimum atomic E-state index is -0.543. The van der Waals surface area contributed by atoms with E-state index in [2.05, 4.69) is 15.6 Å². The number of nitrogens with one attached hydrogen (secondary N) is 2. The van der Waals surface area contributed by atoms with Gasteiger partial charge in [-0.2, -0.15) is 0 Å². The summed E-state index contributed by atoms with van der Waals surface area (Å²) in [7, 11) is 0. The van der Waals surface area contributed by atoms with Crippen molar-refractivity contribution in [1.29, 1.82) is 0 Å². The molecule has 80 valence electrons. The van der Waals surface area contributed by atoms with Crippen LogP contribution in [0.15, 0.2) is 0 Å². The molecule has 1 rings (SSSR count). The number of carbonyl (C=O) groups excluding carboxylic acids is 2. The molecule has 6 heteroatoms. The average Bonchev–Trinajstić information content (AvgIpc) is 2.52. The molecular formula is C8H13ClN2O3. The zero-order valence-corrected chi connectivity index (χ0v) is 8.47. The van der Waals surface area contributed by atoms with Crippen LogP contribution in [0.5, 0.6) is 0 Å². The maximum atomic E-state index is 11.2. The van der Waals surface area contributed by atoms with Crippen LogP contribution >= 0.6 is 11.6 Å². The fourth-order valence-electron chi connectivity index (χ4n) is 1.10. The molecule has 2 amide bonds. The molecule has 0 saturated carbocycles. The fraction of sp³-hybridized carbons (Fsp3) is 0.750. The second-order valence-corrected chi connectivity index (χ2v) is 3.42. The third kappa shape index (κ3) is 3.51. The van der Waals surface area contributed by atoms with Crippen molar-refractivity contribution in [3.05, 3.63) is 0 Å². The fourth-order valence-corrected chi connectivity index (χ4v) is 1.29. The standard InChI is InChI=1S/C8H13ClN2O3/c9-4-2-1-3-7(12)10-6-5-14-11-8(6)13/h6H,1-5H2,(H,10,12)(H,11,13)/t6-/m1/s1. The minimum Gasteiger partial charge on any atom is -0.342 e. The molecule has 0 aromatic rings. The molecule has 0 aromatic carbocycles. The van der Waals surface area contributed by atoms with E-state index in [4.69, 9.17) is 11.6 Å². The summed E-state index contributed by atoms with van der Waals surface area (Å²) in [4.78, 5) is 26.9. The van der Waals surface area contributed by atoms with E-state index in [0.717, 1.165) is 12.8 Å². The number of rotatable bonds is 5. The van der Waals surface area contributed by atoms with Crippen molar-refractivity contribution in [2.75, 3.05) is 12.5 Å². The molecule has 0 aromatic heterocycles. The average molecular weight is 221 g/mol. The van der Waals surface area contributed by atoms with E-state index >= 15 is 0 Å². The van der Waals surface area contributed by atoms with E-state index in [9.17, 15) is 9.59 Å². The minimum absolute atomic E-state index is 0.138. The van der Waals surface area contributed by atoms with Gasteiger partial charge in [0.05, 0.1) is 0 Å². The lowest BCUT2D eigenvalue weighted by Gasteiger charge is -2.07. The summed E-state index contributed by atoms with van der Waals surface area (Å²) >= 11 is 5.46. The maximum absolute atomic E-state index is 11.2. The van der Waals surface area contributed by atoms with Gasteiger partial charge in [-0.15, -0.1) is 11.6 Å². The van der Waals surface area contributed by atoms with Crippen LogP contribution in [0.3, 0.4) is 0 Å². The lowest BCUT2D eigenvalue weighted by atomic mass is 10.2. The zero-order chi connectivity index (χ0) is 10.4. The molecule has 1 aliphatic heterocycles. The third-order valence-electron chi connectivity index (χ3n) is 1.86. The summed E-state index contributed by atoms with van der Waals surface area (Å²) in [6, 6.07) is -0.543. The van der Waals surface area contributed by atoms with E-state index in [1.807, 2.05) is 0 Å². The van der Waals surface area contributed by atoms with Crippen LogP contribution in [0.4, 0.5) is 0 Å². The van der Waals surface area contributed by atoms with Gasteiger partial charge in [-0.3, -0.25) is 14.4 Å². The largest absolute Gasteiger partial charge is 0.342 e. The van der Waals surface area contributed by atoms with Crippen molar-refractivity contribution in [2.45, 2.75) is 25.3 Å². The van der Waals surface area contributed by atoms with Gasteiger partial charge in [-0.25, -0.2) is 5.48 Å². The van der Waals surface area contributed by atoms with Gasteiger partial charge < -0.3 is 5.32 Å². The van der Waals surface area contributed by atoms with E-state index < -0.39 is 6.04 Å². The summed E-state index contributed by atoms with van der Waals surface area (Å²) in [6.45, 7) is 0.195. The third-order valence-corrected chi connectivity index (χ3v) is 2.13. The Bertz CT molecular complexity index is 223. The normalized spacial score (nSPS) is 20.6. The summed E-state index contributed by atoms with van der Waals surface area (Å²) in [5.41, 5.74) is 2.17. The summed E-state index contributed by atoms with van der Waals surface area (Å²) in [5.74, 6) is 0.122. The van der Waals surface area contributed by atoms with Crippen molar-refractivity contribution in [3.63, 3.8) is 0 Å². The summed E-state index contributed by atoms with van der Waals surface area (Å²) in [5, 5.41) is 2.57. The van der Waals surface area contributed by atoms with Crippen LogP contribution in [-0.2, 0) is 14.4 Å². The van der Waals surface area contributed by atoms with Gasteiger partial charge in [-0.1, -0.05) is 0 Å². The van der Waals surface area contributed by atoms with Gasteiger partial charge in [0.15, 0.2) is 0 Å². The van der Waals surface area contributed by atoms with Gasteiger partial charge in [0.2, 0.25) is 5.91 Å². The molecule has 1 fully saturated rings. The quantitative estimate of drug-likeness (QED) is 0.504. The second kappa shape index (κ2) is 5.82. The van der Waals surface area contributed by atoms with Crippen molar-refractivity contribution in [2.24, 2.45) is 0 Å². The Kier molecular flexibility index (Phi) is 4.69. The topological polar surface area (TPSA) is 67.4 Å². The van der Waals surface area contributed by atoms with E-state index in [0.29, 0.717) is 12.3 Å². The number of amides is 2. The van der Waals surface area contributed by atoms with Crippen LogP contribution < -0.4 is 10.8 Å². The van der Waals surface area contributed by atoms with Crippen molar-refractivity contribution >= 4 is 23.4 Å². The van der Waals surface area contributed by atoms with Crippen LogP contribution in [0, 0.1) is 0 Å². The molecule has 0 radical (unpaired) electrons. The Balaban J connectivity index is 2.16.